The number of nitrogens with zero attached hydrogens (tertiary/aromatic N) is 2. The minimum atomic E-state index is -0.334. The minimum Gasteiger partial charge on any atom is -0.352 e. The molecule has 1 N–H and O–H groups in total. The van der Waals surface area contributed by atoms with E-state index in [-0.39, 0.29) is 29.9 Å². The van der Waals surface area contributed by atoms with Gasteiger partial charge in [-0.3, -0.25) is 14.2 Å². The van der Waals surface area contributed by atoms with Gasteiger partial charge in [0, 0.05) is 17.0 Å². The van der Waals surface area contributed by atoms with Gasteiger partial charge < -0.3 is 5.32 Å². The summed E-state index contributed by atoms with van der Waals surface area (Å²) in [4.78, 5) is 30.0. The van der Waals surface area contributed by atoms with E-state index in [1.807, 2.05) is 26.2 Å². The first-order valence-electron chi connectivity index (χ1n) is 8.38. The van der Waals surface area contributed by atoms with Crippen molar-refractivity contribution in [2.45, 2.75) is 33.4 Å². The lowest BCUT2D eigenvalue weighted by molar-refractivity contribution is -0.122. The summed E-state index contributed by atoms with van der Waals surface area (Å²) in [6, 6.07) is 5.99. The van der Waals surface area contributed by atoms with Crippen molar-refractivity contribution in [3.63, 3.8) is 0 Å². The van der Waals surface area contributed by atoms with Crippen molar-refractivity contribution in [1.29, 1.82) is 0 Å². The number of benzene rings is 1. The van der Waals surface area contributed by atoms with Crippen molar-refractivity contribution < 1.29 is 9.18 Å². The highest BCUT2D eigenvalue weighted by molar-refractivity contribution is 7.17. The molecule has 2 aromatic heterocycles. The number of thiophene rings is 1. The lowest BCUT2D eigenvalue weighted by Gasteiger charge is -2.17. The number of hydrogen-bond donors (Lipinski definition) is 1. The van der Waals surface area contributed by atoms with E-state index in [2.05, 4.69) is 10.3 Å². The van der Waals surface area contributed by atoms with Crippen LogP contribution < -0.4 is 10.9 Å². The molecule has 0 saturated heterocycles. The van der Waals surface area contributed by atoms with Crippen molar-refractivity contribution in [2.75, 3.05) is 0 Å². The Labute approximate surface area is 154 Å². The summed E-state index contributed by atoms with van der Waals surface area (Å²) < 4.78 is 14.5. The summed E-state index contributed by atoms with van der Waals surface area (Å²) in [7, 11) is 0. The molecule has 26 heavy (non-hydrogen) atoms. The van der Waals surface area contributed by atoms with Gasteiger partial charge in [0.1, 0.15) is 17.2 Å². The Morgan fingerprint density at radius 2 is 1.96 bits per heavy atom. The van der Waals surface area contributed by atoms with Crippen LogP contribution in [0.3, 0.4) is 0 Å². The first-order valence-corrected chi connectivity index (χ1v) is 9.26. The minimum absolute atomic E-state index is 0.0193. The Morgan fingerprint density at radius 3 is 2.62 bits per heavy atom. The van der Waals surface area contributed by atoms with Gasteiger partial charge in [-0.1, -0.05) is 26.0 Å². The van der Waals surface area contributed by atoms with Crippen LogP contribution in [0.2, 0.25) is 0 Å². The highest BCUT2D eigenvalue weighted by Gasteiger charge is 2.16. The van der Waals surface area contributed by atoms with E-state index < -0.39 is 0 Å². The predicted molar refractivity (Wildman–Crippen MR) is 102 cm³/mol. The van der Waals surface area contributed by atoms with E-state index in [1.54, 1.807) is 12.1 Å². The van der Waals surface area contributed by atoms with Gasteiger partial charge in [-0.25, -0.2) is 9.37 Å². The molecule has 0 bridgehead atoms. The maximum atomic E-state index is 13.2. The van der Waals surface area contributed by atoms with Crippen molar-refractivity contribution in [2.24, 2.45) is 5.92 Å². The van der Waals surface area contributed by atoms with E-state index in [0.717, 1.165) is 5.56 Å². The molecule has 0 unspecified atom stereocenters. The summed E-state index contributed by atoms with van der Waals surface area (Å²) in [6.07, 6.45) is 1.40. The standard InChI is InChI=1S/C19H20FN3O2S/c1-11(2)12(3)22-16(24)8-23-10-21-18-17(19(23)25)15(9-26-18)13-4-6-14(20)7-5-13/h4-7,9-12H,8H2,1-3H3,(H,22,24)/t12-/m0/s1. The van der Waals surface area contributed by atoms with Crippen LogP contribution in [0.15, 0.2) is 40.8 Å². The van der Waals surface area contributed by atoms with Gasteiger partial charge >= 0.3 is 0 Å². The Hall–Kier alpha value is -2.54. The van der Waals surface area contributed by atoms with Crippen molar-refractivity contribution in [1.82, 2.24) is 14.9 Å². The van der Waals surface area contributed by atoms with Crippen LogP contribution in [0, 0.1) is 11.7 Å². The summed E-state index contributed by atoms with van der Waals surface area (Å²) in [6.45, 7) is 5.88. The van der Waals surface area contributed by atoms with E-state index in [9.17, 15) is 14.0 Å². The molecule has 0 aliphatic heterocycles. The van der Waals surface area contributed by atoms with Crippen molar-refractivity contribution in [3.05, 3.63) is 52.1 Å². The molecule has 0 saturated carbocycles. The number of carbonyl (C=O) groups is 1. The number of fused-ring (bicyclic) bond motifs is 1. The first kappa shape index (κ1) is 18.3. The molecule has 0 aliphatic carbocycles. The first-order chi connectivity index (χ1) is 12.4. The van der Waals surface area contributed by atoms with Gasteiger partial charge in [0.15, 0.2) is 0 Å². The van der Waals surface area contributed by atoms with Crippen LogP contribution in [0.5, 0.6) is 0 Å². The zero-order chi connectivity index (χ0) is 18.8. The largest absolute Gasteiger partial charge is 0.352 e. The third-order valence-electron chi connectivity index (χ3n) is 4.42. The van der Waals surface area contributed by atoms with Crippen LogP contribution in [0.4, 0.5) is 4.39 Å². The third-order valence-corrected chi connectivity index (χ3v) is 5.30. The number of halogens is 1. The Morgan fingerprint density at radius 1 is 1.27 bits per heavy atom. The molecular weight excluding hydrogens is 353 g/mol. The SMILES string of the molecule is CC(C)[C@H](C)NC(=O)Cn1cnc2scc(-c3ccc(F)cc3)c2c1=O. The normalized spacial score (nSPS) is 12.5. The van der Waals surface area contributed by atoms with E-state index in [1.165, 1.54) is 34.4 Å². The molecule has 1 atom stereocenters. The Kier molecular flexibility index (Phi) is 5.18. The third kappa shape index (κ3) is 3.67. The Balaban J connectivity index is 1.95. The molecular formula is C19H20FN3O2S. The fourth-order valence-corrected chi connectivity index (χ4v) is 3.45. The molecule has 2 heterocycles. The molecule has 5 nitrogen and oxygen atoms in total. The molecule has 0 radical (unpaired) electrons. The summed E-state index contributed by atoms with van der Waals surface area (Å²) in [5, 5.41) is 5.17. The molecule has 7 heteroatoms. The van der Waals surface area contributed by atoms with Crippen LogP contribution in [-0.2, 0) is 11.3 Å². The molecule has 1 amide bonds. The maximum absolute atomic E-state index is 13.2. The predicted octanol–water partition coefficient (Wildman–Crippen LogP) is 3.42. The van der Waals surface area contributed by atoms with Gasteiger partial charge in [-0.2, -0.15) is 0 Å². The molecule has 0 aliphatic rings. The van der Waals surface area contributed by atoms with E-state index >= 15 is 0 Å². The fourth-order valence-electron chi connectivity index (χ4n) is 2.54. The molecule has 0 spiro atoms. The average Bonchev–Trinajstić information content (AvgIpc) is 3.02. The van der Waals surface area contributed by atoms with Gasteiger partial charge in [0.05, 0.1) is 11.7 Å². The average molecular weight is 373 g/mol. The monoisotopic (exact) mass is 373 g/mol. The van der Waals surface area contributed by atoms with E-state index in [0.29, 0.717) is 21.7 Å². The number of carbonyl (C=O) groups excluding carboxylic acids is 1. The molecule has 0 fully saturated rings. The molecule has 1 aromatic carbocycles. The van der Waals surface area contributed by atoms with Crippen LogP contribution in [-0.4, -0.2) is 21.5 Å². The molecule has 3 aromatic rings. The number of rotatable bonds is 5. The maximum Gasteiger partial charge on any atom is 0.263 e. The highest BCUT2D eigenvalue weighted by Crippen LogP contribution is 2.30. The van der Waals surface area contributed by atoms with Crippen LogP contribution in [0.25, 0.3) is 21.3 Å². The van der Waals surface area contributed by atoms with Crippen LogP contribution >= 0.6 is 11.3 Å². The smallest absolute Gasteiger partial charge is 0.263 e. The summed E-state index contributed by atoms with van der Waals surface area (Å²) >= 11 is 1.35. The van der Waals surface area contributed by atoms with Crippen molar-refractivity contribution >= 4 is 27.5 Å². The molecule has 136 valence electrons. The zero-order valence-corrected chi connectivity index (χ0v) is 15.6. The van der Waals surface area contributed by atoms with E-state index in [4.69, 9.17) is 0 Å². The van der Waals surface area contributed by atoms with Gasteiger partial charge in [0.25, 0.3) is 5.56 Å². The number of aromatic nitrogens is 2. The fraction of sp³-hybridized carbons (Fsp3) is 0.316. The topological polar surface area (TPSA) is 64.0 Å². The quantitative estimate of drug-likeness (QED) is 0.745. The van der Waals surface area contributed by atoms with Crippen molar-refractivity contribution in [3.8, 4) is 11.1 Å². The summed E-state index contributed by atoms with van der Waals surface area (Å²) in [5.41, 5.74) is 1.17. The lowest BCUT2D eigenvalue weighted by Crippen LogP contribution is -2.39. The number of amides is 1. The number of nitrogens with one attached hydrogen (secondary N) is 1. The molecule has 3 rings (SSSR count). The second-order valence-electron chi connectivity index (χ2n) is 6.61. The van der Waals surface area contributed by atoms with Gasteiger partial charge in [-0.05, 0) is 30.5 Å². The highest BCUT2D eigenvalue weighted by atomic mass is 32.1. The number of hydrogen-bond acceptors (Lipinski definition) is 4. The zero-order valence-electron chi connectivity index (χ0n) is 14.8. The van der Waals surface area contributed by atoms with Crippen LogP contribution in [0.1, 0.15) is 20.8 Å². The second-order valence-corrected chi connectivity index (χ2v) is 7.47. The van der Waals surface area contributed by atoms with Gasteiger partial charge in [0.2, 0.25) is 5.91 Å². The summed E-state index contributed by atoms with van der Waals surface area (Å²) in [5.74, 6) is -0.258. The Bertz CT molecular complexity index is 992. The second kappa shape index (κ2) is 7.37. The lowest BCUT2D eigenvalue weighted by atomic mass is 10.1. The van der Waals surface area contributed by atoms with Gasteiger partial charge in [-0.15, -0.1) is 11.3 Å².